The summed E-state index contributed by atoms with van der Waals surface area (Å²) < 4.78 is 7.18. The zero-order valence-electron chi connectivity index (χ0n) is 7.73. The van der Waals surface area contributed by atoms with Gasteiger partial charge in [0.25, 0.3) is 0 Å². The molecule has 13 heavy (non-hydrogen) atoms. The first-order valence-corrected chi connectivity index (χ1v) is 5.85. The maximum absolute atomic E-state index is 5.43. The number of rotatable bonds is 4. The minimum Gasteiger partial charge on any atom is -0.453 e. The normalized spacial score (nSPS) is 11.2. The molecular formula is C9H13Br2NO. The first-order chi connectivity index (χ1) is 6.09. The van der Waals surface area contributed by atoms with Gasteiger partial charge in [-0.25, -0.2) is 0 Å². The molecule has 0 radical (unpaired) electrons. The molecule has 0 atom stereocenters. The molecule has 0 fully saturated rings. The van der Waals surface area contributed by atoms with Crippen molar-refractivity contribution in [3.63, 3.8) is 0 Å². The molecule has 1 aromatic heterocycles. The van der Waals surface area contributed by atoms with Gasteiger partial charge in [0.1, 0.15) is 5.76 Å². The summed E-state index contributed by atoms with van der Waals surface area (Å²) in [6, 6.07) is 2.52. The molecule has 0 aliphatic carbocycles. The third kappa shape index (κ3) is 3.83. The molecule has 0 bridgehead atoms. The molecule has 1 N–H and O–H groups in total. The first-order valence-electron chi connectivity index (χ1n) is 4.26. The molecule has 2 nitrogen and oxygen atoms in total. The Morgan fingerprint density at radius 3 is 2.62 bits per heavy atom. The fraction of sp³-hybridized carbons (Fsp3) is 0.556. The van der Waals surface area contributed by atoms with Gasteiger partial charge >= 0.3 is 0 Å². The average Bonchev–Trinajstić information content (AvgIpc) is 2.30. The highest BCUT2D eigenvalue weighted by Gasteiger charge is 2.05. The minimum atomic E-state index is 0.529. The Morgan fingerprint density at radius 2 is 2.15 bits per heavy atom. The molecular weight excluding hydrogens is 298 g/mol. The van der Waals surface area contributed by atoms with E-state index in [2.05, 4.69) is 51.0 Å². The van der Waals surface area contributed by atoms with Gasteiger partial charge in [-0.05, 0) is 37.9 Å². The van der Waals surface area contributed by atoms with E-state index in [9.17, 15) is 0 Å². The van der Waals surface area contributed by atoms with Crippen LogP contribution in [-0.2, 0) is 6.42 Å². The van der Waals surface area contributed by atoms with Crippen LogP contribution in [0.2, 0.25) is 0 Å². The van der Waals surface area contributed by atoms with E-state index in [4.69, 9.17) is 4.42 Å². The van der Waals surface area contributed by atoms with Crippen LogP contribution in [0.25, 0.3) is 0 Å². The Kier molecular flexibility index (Phi) is 4.49. The molecule has 0 saturated heterocycles. The smallest absolute Gasteiger partial charge is 0.183 e. The SMILES string of the molecule is CC(C)NCCc1cc(Br)c(Br)o1. The standard InChI is InChI=1S/C9H13Br2NO/c1-6(2)12-4-3-7-5-8(10)9(11)13-7/h5-6,12H,3-4H2,1-2H3. The quantitative estimate of drug-likeness (QED) is 0.922. The number of halogens is 2. The topological polar surface area (TPSA) is 25.2 Å². The van der Waals surface area contributed by atoms with Crippen LogP contribution in [0.15, 0.2) is 19.6 Å². The molecule has 0 spiro atoms. The van der Waals surface area contributed by atoms with Crippen molar-refractivity contribution < 1.29 is 4.42 Å². The third-order valence-corrected chi connectivity index (χ3v) is 3.33. The van der Waals surface area contributed by atoms with Crippen molar-refractivity contribution in [1.29, 1.82) is 0 Å². The lowest BCUT2D eigenvalue weighted by molar-refractivity contribution is 0.471. The van der Waals surface area contributed by atoms with Gasteiger partial charge in [-0.2, -0.15) is 0 Å². The molecule has 0 amide bonds. The van der Waals surface area contributed by atoms with Crippen LogP contribution in [0.5, 0.6) is 0 Å². The Bertz CT molecular complexity index is 251. The Balaban J connectivity index is 2.37. The van der Waals surface area contributed by atoms with Crippen LogP contribution in [0.4, 0.5) is 0 Å². The zero-order valence-corrected chi connectivity index (χ0v) is 10.9. The molecule has 1 heterocycles. The summed E-state index contributed by atoms with van der Waals surface area (Å²) in [4.78, 5) is 0. The summed E-state index contributed by atoms with van der Waals surface area (Å²) in [6.07, 6.45) is 0.919. The Labute approximate surface area is 95.3 Å². The van der Waals surface area contributed by atoms with E-state index in [1.807, 2.05) is 6.07 Å². The lowest BCUT2D eigenvalue weighted by atomic mass is 10.3. The highest BCUT2D eigenvalue weighted by Crippen LogP contribution is 2.26. The third-order valence-electron chi connectivity index (χ3n) is 1.62. The van der Waals surface area contributed by atoms with E-state index in [1.165, 1.54) is 0 Å². The lowest BCUT2D eigenvalue weighted by Gasteiger charge is -2.05. The monoisotopic (exact) mass is 309 g/mol. The summed E-state index contributed by atoms with van der Waals surface area (Å²) in [6.45, 7) is 5.21. The van der Waals surface area contributed by atoms with E-state index < -0.39 is 0 Å². The van der Waals surface area contributed by atoms with Crippen LogP contribution < -0.4 is 5.32 Å². The summed E-state index contributed by atoms with van der Waals surface area (Å²) >= 11 is 6.68. The van der Waals surface area contributed by atoms with Gasteiger partial charge in [0.05, 0.1) is 4.47 Å². The number of hydrogen-bond acceptors (Lipinski definition) is 2. The Morgan fingerprint density at radius 1 is 1.46 bits per heavy atom. The predicted octanol–water partition coefficient (Wildman–Crippen LogP) is 3.35. The van der Waals surface area contributed by atoms with Gasteiger partial charge in [0.15, 0.2) is 4.67 Å². The summed E-state index contributed by atoms with van der Waals surface area (Å²) in [5.41, 5.74) is 0. The van der Waals surface area contributed by atoms with Crippen molar-refractivity contribution in [2.75, 3.05) is 6.54 Å². The first kappa shape index (κ1) is 11.3. The van der Waals surface area contributed by atoms with Crippen molar-refractivity contribution in [2.45, 2.75) is 26.3 Å². The van der Waals surface area contributed by atoms with Crippen molar-refractivity contribution in [3.05, 3.63) is 21.0 Å². The largest absolute Gasteiger partial charge is 0.453 e. The lowest BCUT2D eigenvalue weighted by Crippen LogP contribution is -2.24. The second-order valence-corrected chi connectivity index (χ2v) is 4.77. The molecule has 1 rings (SSSR count). The maximum Gasteiger partial charge on any atom is 0.183 e. The van der Waals surface area contributed by atoms with Crippen LogP contribution in [-0.4, -0.2) is 12.6 Å². The number of nitrogens with one attached hydrogen (secondary N) is 1. The number of hydrogen-bond donors (Lipinski definition) is 1. The highest BCUT2D eigenvalue weighted by atomic mass is 79.9. The summed E-state index contributed by atoms with van der Waals surface area (Å²) in [7, 11) is 0. The van der Waals surface area contributed by atoms with Crippen LogP contribution in [0.1, 0.15) is 19.6 Å². The second-order valence-electron chi connectivity index (χ2n) is 3.19. The van der Waals surface area contributed by atoms with Gasteiger partial charge in [0.2, 0.25) is 0 Å². The molecule has 0 aliphatic heterocycles. The van der Waals surface area contributed by atoms with E-state index in [0.29, 0.717) is 6.04 Å². The molecule has 74 valence electrons. The van der Waals surface area contributed by atoms with Gasteiger partial charge in [-0.3, -0.25) is 0 Å². The zero-order chi connectivity index (χ0) is 9.84. The van der Waals surface area contributed by atoms with Gasteiger partial charge in [-0.1, -0.05) is 13.8 Å². The minimum absolute atomic E-state index is 0.529. The fourth-order valence-corrected chi connectivity index (χ4v) is 1.66. The van der Waals surface area contributed by atoms with E-state index in [0.717, 1.165) is 27.9 Å². The molecule has 0 unspecified atom stereocenters. The Hall–Kier alpha value is 0.200. The van der Waals surface area contributed by atoms with Crippen molar-refractivity contribution in [3.8, 4) is 0 Å². The van der Waals surface area contributed by atoms with Crippen LogP contribution in [0, 0.1) is 0 Å². The summed E-state index contributed by atoms with van der Waals surface area (Å²) in [5, 5.41) is 3.33. The molecule has 0 aliphatic rings. The maximum atomic E-state index is 5.43. The number of furan rings is 1. The van der Waals surface area contributed by atoms with Gasteiger partial charge in [0, 0.05) is 19.0 Å². The predicted molar refractivity (Wildman–Crippen MR) is 61.0 cm³/mol. The van der Waals surface area contributed by atoms with Crippen LogP contribution >= 0.6 is 31.9 Å². The average molecular weight is 311 g/mol. The van der Waals surface area contributed by atoms with Crippen molar-refractivity contribution in [2.24, 2.45) is 0 Å². The van der Waals surface area contributed by atoms with Gasteiger partial charge < -0.3 is 9.73 Å². The van der Waals surface area contributed by atoms with Crippen molar-refractivity contribution in [1.82, 2.24) is 5.32 Å². The van der Waals surface area contributed by atoms with Crippen LogP contribution in [0.3, 0.4) is 0 Å². The van der Waals surface area contributed by atoms with E-state index in [1.54, 1.807) is 0 Å². The van der Waals surface area contributed by atoms with E-state index in [-0.39, 0.29) is 0 Å². The molecule has 4 heteroatoms. The van der Waals surface area contributed by atoms with Gasteiger partial charge in [-0.15, -0.1) is 0 Å². The van der Waals surface area contributed by atoms with Crippen molar-refractivity contribution >= 4 is 31.9 Å². The molecule has 0 aromatic carbocycles. The second kappa shape index (κ2) is 5.17. The summed E-state index contributed by atoms with van der Waals surface area (Å²) in [5.74, 6) is 0.993. The fourth-order valence-electron chi connectivity index (χ4n) is 0.999. The highest BCUT2D eigenvalue weighted by molar-refractivity contribution is 9.13. The molecule has 0 saturated carbocycles. The van der Waals surface area contributed by atoms with E-state index >= 15 is 0 Å². The molecule has 1 aromatic rings.